The van der Waals surface area contributed by atoms with Gasteiger partial charge in [0.05, 0.1) is 12.3 Å². The van der Waals surface area contributed by atoms with E-state index >= 15 is 0 Å². The minimum Gasteiger partial charge on any atom is -0.489 e. The Bertz CT molecular complexity index is 1230. The highest BCUT2D eigenvalue weighted by Gasteiger charge is 2.13. The van der Waals surface area contributed by atoms with Crippen LogP contribution in [-0.2, 0) is 24.5 Å². The van der Waals surface area contributed by atoms with Crippen molar-refractivity contribution in [1.29, 1.82) is 0 Å². The van der Waals surface area contributed by atoms with Crippen LogP contribution in [0.5, 0.6) is 5.75 Å². The highest BCUT2D eigenvalue weighted by molar-refractivity contribution is 7.99. The number of nitrogens with zero attached hydrogens (tertiary/aromatic N) is 3. The molecule has 0 bridgehead atoms. The smallest absolute Gasteiger partial charge is 0.234 e. The predicted octanol–water partition coefficient (Wildman–Crippen LogP) is 5.87. The molecule has 1 heterocycles. The Morgan fingerprint density at radius 1 is 0.971 bits per heavy atom. The minimum absolute atomic E-state index is 0.112. The van der Waals surface area contributed by atoms with Gasteiger partial charge in [-0.15, -0.1) is 10.2 Å². The molecule has 9 heteroatoms. The topological polar surface area (TPSA) is 81.1 Å². The van der Waals surface area contributed by atoms with E-state index in [1.165, 1.54) is 11.8 Å². The Kier molecular flexibility index (Phi) is 8.64. The number of aromatic nitrogens is 3. The lowest BCUT2D eigenvalue weighted by Crippen LogP contribution is -2.15. The van der Waals surface area contributed by atoms with E-state index in [0.29, 0.717) is 35.6 Å². The van der Waals surface area contributed by atoms with Gasteiger partial charge in [0.15, 0.2) is 11.0 Å². The number of amides is 1. The van der Waals surface area contributed by atoms with E-state index in [0.717, 1.165) is 22.8 Å². The third-order valence-electron chi connectivity index (χ3n) is 5.12. The van der Waals surface area contributed by atoms with Crippen LogP contribution in [-0.4, -0.2) is 26.4 Å². The van der Waals surface area contributed by atoms with Gasteiger partial charge in [0.25, 0.3) is 0 Å². The second-order valence-electron chi connectivity index (χ2n) is 7.64. The van der Waals surface area contributed by atoms with E-state index in [1.807, 2.05) is 90.4 Å². The maximum absolute atomic E-state index is 12.5. The highest BCUT2D eigenvalue weighted by atomic mass is 35.5. The van der Waals surface area contributed by atoms with E-state index in [2.05, 4.69) is 20.8 Å². The van der Waals surface area contributed by atoms with Crippen molar-refractivity contribution in [2.45, 2.75) is 31.8 Å². The third-order valence-corrected chi connectivity index (χ3v) is 6.34. The number of benzene rings is 3. The predicted molar refractivity (Wildman–Crippen MR) is 141 cm³/mol. The molecule has 0 unspecified atom stereocenters. The highest BCUT2D eigenvalue weighted by Crippen LogP contribution is 2.21. The van der Waals surface area contributed by atoms with Crippen LogP contribution in [0.2, 0.25) is 5.02 Å². The fourth-order valence-corrected chi connectivity index (χ4v) is 4.27. The Hall–Kier alpha value is -3.49. The number of carbonyl (C=O) groups excluding carboxylic acids is 1. The van der Waals surface area contributed by atoms with Crippen molar-refractivity contribution in [1.82, 2.24) is 14.8 Å². The lowest BCUT2D eigenvalue weighted by Gasteiger charge is -2.10. The van der Waals surface area contributed by atoms with Crippen molar-refractivity contribution >= 4 is 40.6 Å². The maximum Gasteiger partial charge on any atom is 0.234 e. The molecule has 0 atom stereocenters. The van der Waals surface area contributed by atoms with Gasteiger partial charge in [-0.05, 0) is 61.0 Å². The van der Waals surface area contributed by atoms with E-state index in [9.17, 15) is 4.79 Å². The SMILES string of the molecule is CCn1c(CNc2ccc(Cl)cc2)nnc1SCC(=O)Nc1ccc(OCc2ccccc2)cc1. The first kappa shape index (κ1) is 24.6. The van der Waals surface area contributed by atoms with E-state index in [1.54, 1.807) is 0 Å². The monoisotopic (exact) mass is 507 g/mol. The van der Waals surface area contributed by atoms with Crippen LogP contribution in [0.25, 0.3) is 0 Å². The number of nitrogens with one attached hydrogen (secondary N) is 2. The van der Waals surface area contributed by atoms with Crippen molar-refractivity contribution in [3.63, 3.8) is 0 Å². The number of halogens is 1. The molecule has 0 saturated heterocycles. The average Bonchev–Trinajstić information content (AvgIpc) is 3.29. The molecule has 1 amide bonds. The second kappa shape index (κ2) is 12.3. The van der Waals surface area contributed by atoms with Gasteiger partial charge in [-0.25, -0.2) is 0 Å². The molecule has 0 fully saturated rings. The fraction of sp³-hybridized carbons (Fsp3) is 0.192. The van der Waals surface area contributed by atoms with Gasteiger partial charge in [-0.3, -0.25) is 4.79 Å². The zero-order valence-electron chi connectivity index (χ0n) is 19.3. The number of ether oxygens (including phenoxy) is 1. The van der Waals surface area contributed by atoms with Gasteiger partial charge >= 0.3 is 0 Å². The largest absolute Gasteiger partial charge is 0.489 e. The van der Waals surface area contributed by atoms with Crippen molar-refractivity contribution < 1.29 is 9.53 Å². The Labute approximate surface area is 213 Å². The number of anilines is 2. The van der Waals surface area contributed by atoms with Crippen molar-refractivity contribution in [3.05, 3.63) is 95.3 Å². The Morgan fingerprint density at radius 2 is 1.69 bits per heavy atom. The third kappa shape index (κ3) is 7.24. The molecule has 1 aromatic heterocycles. The molecule has 0 radical (unpaired) electrons. The molecule has 0 saturated carbocycles. The van der Waals surface area contributed by atoms with Crippen LogP contribution in [0.3, 0.4) is 0 Å². The molecular weight excluding hydrogens is 482 g/mol. The first-order valence-corrected chi connectivity index (χ1v) is 12.6. The maximum atomic E-state index is 12.5. The molecule has 4 aromatic rings. The van der Waals surface area contributed by atoms with Crippen molar-refractivity contribution in [2.24, 2.45) is 0 Å². The number of carbonyl (C=O) groups is 1. The van der Waals surface area contributed by atoms with Gasteiger partial charge in [0, 0.05) is 22.9 Å². The minimum atomic E-state index is -0.112. The lowest BCUT2D eigenvalue weighted by molar-refractivity contribution is -0.113. The van der Waals surface area contributed by atoms with E-state index in [-0.39, 0.29) is 11.7 Å². The molecular formula is C26H26ClN5O2S. The summed E-state index contributed by atoms with van der Waals surface area (Å²) in [4.78, 5) is 12.5. The van der Waals surface area contributed by atoms with Crippen LogP contribution in [0.1, 0.15) is 18.3 Å². The molecule has 0 aliphatic heterocycles. The normalized spacial score (nSPS) is 10.7. The molecule has 4 rings (SSSR count). The summed E-state index contributed by atoms with van der Waals surface area (Å²) in [5, 5.41) is 16.2. The molecule has 3 aromatic carbocycles. The van der Waals surface area contributed by atoms with Crippen LogP contribution >= 0.6 is 23.4 Å². The summed E-state index contributed by atoms with van der Waals surface area (Å²) >= 11 is 7.30. The molecule has 7 nitrogen and oxygen atoms in total. The van der Waals surface area contributed by atoms with Crippen molar-refractivity contribution in [2.75, 3.05) is 16.4 Å². The quantitative estimate of drug-likeness (QED) is 0.247. The van der Waals surface area contributed by atoms with Crippen molar-refractivity contribution in [3.8, 4) is 5.75 Å². The molecule has 180 valence electrons. The summed E-state index contributed by atoms with van der Waals surface area (Å²) < 4.78 is 7.79. The first-order valence-electron chi connectivity index (χ1n) is 11.2. The molecule has 0 aliphatic carbocycles. The number of hydrogen-bond donors (Lipinski definition) is 2. The summed E-state index contributed by atoms with van der Waals surface area (Å²) in [6.45, 7) is 3.76. The standard InChI is InChI=1S/C26H26ClN5O2S/c1-2-32-24(16-28-21-10-8-20(27)9-11-21)30-31-26(32)35-18-25(33)29-22-12-14-23(15-13-22)34-17-19-6-4-3-5-7-19/h3-15,28H,2,16-18H2,1H3,(H,29,33). The van der Waals surface area contributed by atoms with Crippen LogP contribution < -0.4 is 15.4 Å². The zero-order chi connectivity index (χ0) is 24.5. The van der Waals surface area contributed by atoms with Crippen LogP contribution in [0, 0.1) is 0 Å². The van der Waals surface area contributed by atoms with E-state index in [4.69, 9.17) is 16.3 Å². The first-order chi connectivity index (χ1) is 17.1. The van der Waals surface area contributed by atoms with Gasteiger partial charge in [-0.2, -0.15) is 0 Å². The number of hydrogen-bond acceptors (Lipinski definition) is 6. The summed E-state index contributed by atoms with van der Waals surface area (Å²) in [7, 11) is 0. The van der Waals surface area contributed by atoms with Crippen LogP contribution in [0.4, 0.5) is 11.4 Å². The summed E-state index contributed by atoms with van der Waals surface area (Å²) in [6.07, 6.45) is 0. The van der Waals surface area contributed by atoms with Gasteiger partial charge in [0.1, 0.15) is 12.4 Å². The van der Waals surface area contributed by atoms with E-state index < -0.39 is 0 Å². The molecule has 35 heavy (non-hydrogen) atoms. The van der Waals surface area contributed by atoms with Gasteiger partial charge in [0.2, 0.25) is 5.91 Å². The summed E-state index contributed by atoms with van der Waals surface area (Å²) in [5.41, 5.74) is 2.77. The molecule has 0 aliphatic rings. The second-order valence-corrected chi connectivity index (χ2v) is 9.02. The summed E-state index contributed by atoms with van der Waals surface area (Å²) in [5.74, 6) is 1.67. The zero-order valence-corrected chi connectivity index (χ0v) is 20.9. The summed E-state index contributed by atoms with van der Waals surface area (Å²) in [6, 6.07) is 24.8. The molecule has 2 N–H and O–H groups in total. The number of thioether (sulfide) groups is 1. The Morgan fingerprint density at radius 3 is 2.40 bits per heavy atom. The van der Waals surface area contributed by atoms with Gasteiger partial charge in [-0.1, -0.05) is 53.7 Å². The average molecular weight is 508 g/mol. The van der Waals surface area contributed by atoms with Crippen LogP contribution in [0.15, 0.2) is 84.0 Å². The number of rotatable bonds is 11. The van der Waals surface area contributed by atoms with Gasteiger partial charge < -0.3 is 19.9 Å². The lowest BCUT2D eigenvalue weighted by atomic mass is 10.2. The molecule has 0 spiro atoms. The Balaban J connectivity index is 1.25. The fourth-order valence-electron chi connectivity index (χ4n) is 3.33.